The molecule has 6 atom stereocenters. The van der Waals surface area contributed by atoms with Crippen molar-refractivity contribution < 1.29 is 19.8 Å². The second-order valence-corrected chi connectivity index (χ2v) is 5.80. The first-order chi connectivity index (χ1) is 8.49. The van der Waals surface area contributed by atoms with E-state index in [1.165, 1.54) is 6.92 Å². The summed E-state index contributed by atoms with van der Waals surface area (Å²) in [6, 6.07) is -1.36. The number of fused-ring (bicyclic) bond motifs is 1. The lowest BCUT2D eigenvalue weighted by molar-refractivity contribution is -0.138. The van der Waals surface area contributed by atoms with Crippen molar-refractivity contribution >= 4 is 12.0 Å². The zero-order valence-electron chi connectivity index (χ0n) is 10.2. The number of urea groups is 1. The van der Waals surface area contributed by atoms with Gasteiger partial charge in [0.25, 0.3) is 0 Å². The molecule has 2 saturated carbocycles. The van der Waals surface area contributed by atoms with E-state index < -0.39 is 18.1 Å². The van der Waals surface area contributed by atoms with Gasteiger partial charge < -0.3 is 20.4 Å². The van der Waals surface area contributed by atoms with E-state index >= 15 is 0 Å². The maximum Gasteiger partial charge on any atom is 0.325 e. The number of aliphatic hydroxyl groups is 1. The molecule has 1 aliphatic heterocycles. The highest BCUT2D eigenvalue weighted by molar-refractivity contribution is 5.82. The summed E-state index contributed by atoms with van der Waals surface area (Å²) in [5, 5.41) is 21.4. The van der Waals surface area contributed by atoms with Gasteiger partial charge in [0.15, 0.2) is 0 Å². The number of carboxylic acids is 1. The van der Waals surface area contributed by atoms with Gasteiger partial charge in [0, 0.05) is 6.54 Å². The highest BCUT2D eigenvalue weighted by Crippen LogP contribution is 2.54. The third kappa shape index (κ3) is 1.51. The van der Waals surface area contributed by atoms with Crippen molar-refractivity contribution in [1.29, 1.82) is 0 Å². The molecule has 0 aromatic rings. The van der Waals surface area contributed by atoms with Crippen LogP contribution in [0.4, 0.5) is 4.79 Å². The van der Waals surface area contributed by atoms with Crippen molar-refractivity contribution in [1.82, 2.24) is 10.2 Å². The Morgan fingerprint density at radius 2 is 2.06 bits per heavy atom. The van der Waals surface area contributed by atoms with Gasteiger partial charge in [-0.3, -0.25) is 4.79 Å². The van der Waals surface area contributed by atoms with Gasteiger partial charge in [-0.05, 0) is 37.5 Å². The van der Waals surface area contributed by atoms with Crippen LogP contribution < -0.4 is 5.32 Å². The number of nitrogens with zero attached hydrogens (tertiary/aromatic N) is 1. The Kier molecular flexibility index (Phi) is 2.52. The van der Waals surface area contributed by atoms with E-state index in [0.717, 1.165) is 12.8 Å². The number of aliphatic hydroxyl groups excluding tert-OH is 1. The predicted octanol–water partition coefficient (Wildman–Crippen LogP) is -0.130. The first-order valence-electron chi connectivity index (χ1n) is 6.47. The topological polar surface area (TPSA) is 89.9 Å². The van der Waals surface area contributed by atoms with Gasteiger partial charge in [-0.25, -0.2) is 4.79 Å². The molecule has 6 unspecified atom stereocenters. The molecular weight excluding hydrogens is 236 g/mol. The number of hydrogen-bond donors (Lipinski definition) is 3. The van der Waals surface area contributed by atoms with E-state index in [2.05, 4.69) is 5.32 Å². The van der Waals surface area contributed by atoms with Gasteiger partial charge in [0.1, 0.15) is 6.04 Å². The molecule has 0 radical (unpaired) electrons. The Morgan fingerprint density at radius 1 is 1.33 bits per heavy atom. The zero-order chi connectivity index (χ0) is 13.0. The molecule has 3 N–H and O–H groups in total. The monoisotopic (exact) mass is 254 g/mol. The molecule has 3 rings (SSSR count). The summed E-state index contributed by atoms with van der Waals surface area (Å²) >= 11 is 0. The van der Waals surface area contributed by atoms with E-state index in [4.69, 9.17) is 5.11 Å². The second kappa shape index (κ2) is 3.85. The van der Waals surface area contributed by atoms with Gasteiger partial charge >= 0.3 is 12.0 Å². The molecule has 6 nitrogen and oxygen atoms in total. The molecular formula is C12H18N2O4. The maximum absolute atomic E-state index is 12.1. The van der Waals surface area contributed by atoms with Gasteiger partial charge in [-0.15, -0.1) is 0 Å². The number of amides is 2. The summed E-state index contributed by atoms with van der Waals surface area (Å²) < 4.78 is 0. The molecule has 2 amide bonds. The standard InChI is InChI=1S/C12H18N2O4/c1-5(11(16)17)13-12(18)14-4-7-2-6-3-8(7)9(14)10(6)15/h5-10,15H,2-4H2,1H3,(H,13,18)(H,16,17). The van der Waals surface area contributed by atoms with E-state index in [-0.39, 0.29) is 12.1 Å². The normalized spacial score (nSPS) is 42.1. The Labute approximate surface area is 105 Å². The molecule has 1 heterocycles. The molecule has 18 heavy (non-hydrogen) atoms. The lowest BCUT2D eigenvalue weighted by Gasteiger charge is -2.29. The summed E-state index contributed by atoms with van der Waals surface area (Å²) in [6.45, 7) is 2.10. The SMILES string of the molecule is CC(NC(=O)N1CC2CC3CC2C1C3O)C(=O)O. The zero-order valence-corrected chi connectivity index (χ0v) is 10.2. The Bertz CT molecular complexity index is 398. The summed E-state index contributed by atoms with van der Waals surface area (Å²) in [5.41, 5.74) is 0. The lowest BCUT2D eigenvalue weighted by Crippen LogP contribution is -2.51. The Hall–Kier alpha value is -1.30. The number of hydrogen-bond acceptors (Lipinski definition) is 3. The minimum atomic E-state index is -1.05. The number of rotatable bonds is 2. The maximum atomic E-state index is 12.1. The Morgan fingerprint density at radius 3 is 2.67 bits per heavy atom. The fourth-order valence-electron chi connectivity index (χ4n) is 3.98. The van der Waals surface area contributed by atoms with Crippen LogP contribution in [0.25, 0.3) is 0 Å². The molecule has 3 fully saturated rings. The molecule has 2 bridgehead atoms. The number of nitrogens with one attached hydrogen (secondary N) is 1. The third-order valence-corrected chi connectivity index (χ3v) is 4.82. The van der Waals surface area contributed by atoms with E-state index in [1.807, 2.05) is 0 Å². The predicted molar refractivity (Wildman–Crippen MR) is 61.8 cm³/mol. The molecule has 0 aromatic heterocycles. The minimum Gasteiger partial charge on any atom is -0.480 e. The largest absolute Gasteiger partial charge is 0.480 e. The van der Waals surface area contributed by atoms with Crippen LogP contribution in [-0.4, -0.2) is 51.8 Å². The Balaban J connectivity index is 1.71. The van der Waals surface area contributed by atoms with E-state index in [9.17, 15) is 14.7 Å². The average molecular weight is 254 g/mol. The second-order valence-electron chi connectivity index (χ2n) is 5.80. The summed E-state index contributed by atoms with van der Waals surface area (Å²) in [7, 11) is 0. The van der Waals surface area contributed by atoms with Crippen LogP contribution in [-0.2, 0) is 4.79 Å². The lowest BCUT2D eigenvalue weighted by atomic mass is 9.88. The molecule has 100 valence electrons. The first kappa shape index (κ1) is 11.8. The summed E-state index contributed by atoms with van der Waals surface area (Å²) in [6.07, 6.45) is 1.58. The van der Waals surface area contributed by atoms with Crippen molar-refractivity contribution in [3.05, 3.63) is 0 Å². The summed E-state index contributed by atoms with van der Waals surface area (Å²) in [4.78, 5) is 24.4. The van der Waals surface area contributed by atoms with Gasteiger partial charge in [-0.2, -0.15) is 0 Å². The van der Waals surface area contributed by atoms with Crippen LogP contribution in [0.3, 0.4) is 0 Å². The van der Waals surface area contributed by atoms with Crippen molar-refractivity contribution in [3.8, 4) is 0 Å². The van der Waals surface area contributed by atoms with Gasteiger partial charge in [-0.1, -0.05) is 0 Å². The van der Waals surface area contributed by atoms with Crippen LogP contribution in [0.5, 0.6) is 0 Å². The molecule has 0 aromatic carbocycles. The number of carbonyl (C=O) groups excluding carboxylic acids is 1. The number of likely N-dealkylation sites (tertiary alicyclic amines) is 1. The highest BCUT2D eigenvalue weighted by atomic mass is 16.4. The van der Waals surface area contributed by atoms with Crippen LogP contribution in [0.1, 0.15) is 19.8 Å². The fourth-order valence-corrected chi connectivity index (χ4v) is 3.98. The van der Waals surface area contributed by atoms with Crippen LogP contribution in [0.15, 0.2) is 0 Å². The first-order valence-corrected chi connectivity index (χ1v) is 6.47. The molecule has 2 aliphatic carbocycles. The third-order valence-electron chi connectivity index (χ3n) is 4.82. The number of carboxylic acid groups (broad SMARTS) is 1. The van der Waals surface area contributed by atoms with Gasteiger partial charge in [0.2, 0.25) is 0 Å². The minimum absolute atomic E-state index is 0.102. The molecule has 3 aliphatic rings. The van der Waals surface area contributed by atoms with Crippen molar-refractivity contribution in [3.63, 3.8) is 0 Å². The molecule has 6 heteroatoms. The number of aliphatic carboxylic acids is 1. The van der Waals surface area contributed by atoms with Crippen LogP contribution in [0, 0.1) is 17.8 Å². The fraction of sp³-hybridized carbons (Fsp3) is 0.833. The quantitative estimate of drug-likeness (QED) is 0.640. The van der Waals surface area contributed by atoms with Crippen molar-refractivity contribution in [2.24, 2.45) is 17.8 Å². The highest BCUT2D eigenvalue weighted by Gasteiger charge is 2.60. The van der Waals surface area contributed by atoms with Gasteiger partial charge in [0.05, 0.1) is 12.1 Å². The van der Waals surface area contributed by atoms with Crippen molar-refractivity contribution in [2.45, 2.75) is 38.0 Å². The van der Waals surface area contributed by atoms with Crippen molar-refractivity contribution in [2.75, 3.05) is 6.54 Å². The molecule has 1 saturated heterocycles. The average Bonchev–Trinajstić information content (AvgIpc) is 2.88. The summed E-state index contributed by atoms with van der Waals surface area (Å²) in [5.74, 6) is 0.195. The van der Waals surface area contributed by atoms with E-state index in [0.29, 0.717) is 24.3 Å². The van der Waals surface area contributed by atoms with Crippen LogP contribution in [0.2, 0.25) is 0 Å². The smallest absolute Gasteiger partial charge is 0.325 e. The number of carbonyl (C=O) groups is 2. The molecule has 0 spiro atoms. The van der Waals surface area contributed by atoms with E-state index in [1.54, 1.807) is 4.90 Å². The van der Waals surface area contributed by atoms with Crippen LogP contribution >= 0.6 is 0 Å².